The Labute approximate surface area is 139 Å². The minimum atomic E-state index is -0.861. The van der Waals surface area contributed by atoms with E-state index in [2.05, 4.69) is 5.32 Å². The van der Waals surface area contributed by atoms with Crippen molar-refractivity contribution < 1.29 is 18.7 Å². The van der Waals surface area contributed by atoms with Gasteiger partial charge in [-0.15, -0.1) is 0 Å². The highest BCUT2D eigenvalue weighted by atomic mass is 32.2. The number of rotatable bonds is 8. The Morgan fingerprint density at radius 1 is 1.39 bits per heavy atom. The van der Waals surface area contributed by atoms with Gasteiger partial charge in [-0.2, -0.15) is 11.8 Å². The van der Waals surface area contributed by atoms with Gasteiger partial charge in [0.15, 0.2) is 0 Å². The average molecular weight is 337 g/mol. The quantitative estimate of drug-likeness (QED) is 0.769. The number of aryl methyl sites for hydroxylation is 1. The second-order valence-corrected chi connectivity index (χ2v) is 6.26. The molecule has 0 aliphatic carbocycles. The summed E-state index contributed by atoms with van der Waals surface area (Å²) < 4.78 is 18.9. The molecule has 6 heteroatoms. The maximum absolute atomic E-state index is 13.2. The molecule has 1 aromatic carbocycles. The highest BCUT2D eigenvalue weighted by Gasteiger charge is 2.17. The largest absolute Gasteiger partial charge is 0.480 e. The van der Waals surface area contributed by atoms with Crippen molar-refractivity contribution in [2.24, 2.45) is 0 Å². The molecule has 0 amide bonds. The van der Waals surface area contributed by atoms with Crippen LogP contribution in [0.3, 0.4) is 0 Å². The molecule has 0 radical (unpaired) electrons. The summed E-state index contributed by atoms with van der Waals surface area (Å²) >= 11 is 1.62. The number of nitrogens with one attached hydrogen (secondary N) is 1. The molecule has 1 heterocycles. The van der Waals surface area contributed by atoms with Gasteiger partial charge < -0.3 is 9.52 Å². The van der Waals surface area contributed by atoms with Gasteiger partial charge in [0.05, 0.1) is 6.54 Å². The summed E-state index contributed by atoms with van der Waals surface area (Å²) in [5, 5.41) is 12.2. The summed E-state index contributed by atoms with van der Waals surface area (Å²) in [5.74, 6) is 0.940. The molecule has 0 fully saturated rings. The summed E-state index contributed by atoms with van der Waals surface area (Å²) in [6, 6.07) is 7.56. The number of carbonyl (C=O) groups is 1. The number of thioether (sulfide) groups is 1. The molecule has 23 heavy (non-hydrogen) atoms. The fourth-order valence-corrected chi connectivity index (χ4v) is 2.76. The lowest BCUT2D eigenvalue weighted by Crippen LogP contribution is -2.36. The van der Waals surface area contributed by atoms with E-state index in [1.807, 2.05) is 19.2 Å². The van der Waals surface area contributed by atoms with Gasteiger partial charge in [-0.3, -0.25) is 10.1 Å². The molecular weight excluding hydrogens is 317 g/mol. The van der Waals surface area contributed by atoms with Crippen molar-refractivity contribution >= 4 is 17.7 Å². The predicted octanol–water partition coefficient (Wildman–Crippen LogP) is 3.69. The van der Waals surface area contributed by atoms with Crippen molar-refractivity contribution in [3.63, 3.8) is 0 Å². The minimum Gasteiger partial charge on any atom is -0.480 e. The zero-order valence-electron chi connectivity index (χ0n) is 13.1. The zero-order chi connectivity index (χ0) is 16.8. The topological polar surface area (TPSA) is 62.5 Å². The third-order valence-corrected chi connectivity index (χ3v) is 4.19. The number of carboxylic acids is 1. The highest BCUT2D eigenvalue weighted by molar-refractivity contribution is 7.98. The van der Waals surface area contributed by atoms with Gasteiger partial charge in [0.2, 0.25) is 0 Å². The first-order valence-electron chi connectivity index (χ1n) is 7.31. The Kier molecular flexibility index (Phi) is 6.24. The maximum atomic E-state index is 13.2. The molecule has 0 saturated carbocycles. The van der Waals surface area contributed by atoms with Gasteiger partial charge in [-0.1, -0.05) is 0 Å². The number of aliphatic carboxylic acids is 1. The molecule has 0 unspecified atom stereocenters. The summed E-state index contributed by atoms with van der Waals surface area (Å²) in [6.07, 6.45) is 2.50. The van der Waals surface area contributed by atoms with E-state index in [0.717, 1.165) is 16.9 Å². The Morgan fingerprint density at radius 3 is 2.83 bits per heavy atom. The third-order valence-electron chi connectivity index (χ3n) is 3.55. The van der Waals surface area contributed by atoms with Crippen molar-refractivity contribution in [3.05, 3.63) is 47.5 Å². The van der Waals surface area contributed by atoms with Crippen LogP contribution in [0, 0.1) is 12.7 Å². The molecule has 0 spiro atoms. The van der Waals surface area contributed by atoms with Gasteiger partial charge in [0, 0.05) is 5.56 Å². The molecule has 1 aromatic heterocycles. The first kappa shape index (κ1) is 17.6. The highest BCUT2D eigenvalue weighted by Crippen LogP contribution is 2.26. The first-order valence-corrected chi connectivity index (χ1v) is 8.71. The van der Waals surface area contributed by atoms with Crippen molar-refractivity contribution in [2.45, 2.75) is 25.9 Å². The van der Waals surface area contributed by atoms with Crippen LogP contribution < -0.4 is 5.32 Å². The van der Waals surface area contributed by atoms with Crippen LogP contribution in [0.4, 0.5) is 4.39 Å². The van der Waals surface area contributed by atoms with E-state index in [0.29, 0.717) is 24.5 Å². The van der Waals surface area contributed by atoms with E-state index >= 15 is 0 Å². The molecule has 2 aromatic rings. The SMILES string of the molecule is CSCC[C@@H](NCc1ccc(-c2ccc(F)cc2C)o1)C(=O)O. The van der Waals surface area contributed by atoms with Gasteiger partial charge in [0.1, 0.15) is 23.4 Å². The van der Waals surface area contributed by atoms with Crippen molar-refractivity contribution in [2.75, 3.05) is 12.0 Å². The van der Waals surface area contributed by atoms with Crippen LogP contribution in [-0.4, -0.2) is 29.1 Å². The number of halogens is 1. The summed E-state index contributed by atoms with van der Waals surface area (Å²) in [5.41, 5.74) is 1.62. The van der Waals surface area contributed by atoms with E-state index in [1.165, 1.54) is 12.1 Å². The predicted molar refractivity (Wildman–Crippen MR) is 90.1 cm³/mol. The summed E-state index contributed by atoms with van der Waals surface area (Å²) in [6.45, 7) is 2.16. The fraction of sp³-hybridized carbons (Fsp3) is 0.353. The fourth-order valence-electron chi connectivity index (χ4n) is 2.29. The Bertz CT molecular complexity index is 672. The second kappa shape index (κ2) is 8.17. The molecule has 2 rings (SSSR count). The molecule has 0 aliphatic heterocycles. The van der Waals surface area contributed by atoms with Crippen molar-refractivity contribution in [3.8, 4) is 11.3 Å². The maximum Gasteiger partial charge on any atom is 0.320 e. The summed E-state index contributed by atoms with van der Waals surface area (Å²) in [7, 11) is 0. The van der Waals surface area contributed by atoms with Crippen LogP contribution in [0.15, 0.2) is 34.7 Å². The standard InChI is InChI=1S/C17H20FNO3S/c1-11-9-12(18)3-5-14(11)16-6-4-13(22-16)10-19-15(17(20)21)7-8-23-2/h3-6,9,15,19H,7-8,10H2,1-2H3,(H,20,21)/t15-/m1/s1. The lowest BCUT2D eigenvalue weighted by molar-refractivity contribution is -0.139. The normalized spacial score (nSPS) is 12.3. The number of carboxylic acid groups (broad SMARTS) is 1. The van der Waals surface area contributed by atoms with Crippen LogP contribution in [0.5, 0.6) is 0 Å². The molecular formula is C17H20FNO3S. The van der Waals surface area contributed by atoms with Crippen molar-refractivity contribution in [1.29, 1.82) is 0 Å². The lowest BCUT2D eigenvalue weighted by atomic mass is 10.1. The molecule has 0 saturated heterocycles. The third kappa shape index (κ3) is 4.84. The van der Waals surface area contributed by atoms with E-state index in [4.69, 9.17) is 4.42 Å². The van der Waals surface area contributed by atoms with Crippen LogP contribution in [0.2, 0.25) is 0 Å². The molecule has 1 atom stereocenters. The van der Waals surface area contributed by atoms with Crippen LogP contribution in [0.25, 0.3) is 11.3 Å². The number of benzene rings is 1. The average Bonchev–Trinajstić information content (AvgIpc) is 2.95. The van der Waals surface area contributed by atoms with E-state index in [1.54, 1.807) is 23.9 Å². The number of furan rings is 1. The molecule has 4 nitrogen and oxygen atoms in total. The molecule has 124 valence electrons. The van der Waals surface area contributed by atoms with E-state index in [-0.39, 0.29) is 5.82 Å². The lowest BCUT2D eigenvalue weighted by Gasteiger charge is -2.12. The van der Waals surface area contributed by atoms with Crippen LogP contribution >= 0.6 is 11.8 Å². The van der Waals surface area contributed by atoms with Crippen LogP contribution in [-0.2, 0) is 11.3 Å². The Hall–Kier alpha value is -1.79. The molecule has 0 bridgehead atoms. The number of hydrogen-bond donors (Lipinski definition) is 2. The van der Waals surface area contributed by atoms with Crippen molar-refractivity contribution in [1.82, 2.24) is 5.32 Å². The smallest absolute Gasteiger partial charge is 0.320 e. The van der Waals surface area contributed by atoms with Gasteiger partial charge in [0.25, 0.3) is 0 Å². The monoisotopic (exact) mass is 337 g/mol. The van der Waals surface area contributed by atoms with E-state index in [9.17, 15) is 14.3 Å². The van der Waals surface area contributed by atoms with Gasteiger partial charge in [-0.05, 0) is 61.2 Å². The molecule has 0 aliphatic rings. The second-order valence-electron chi connectivity index (χ2n) is 5.28. The molecule has 2 N–H and O–H groups in total. The minimum absolute atomic E-state index is 0.280. The summed E-state index contributed by atoms with van der Waals surface area (Å²) in [4.78, 5) is 11.2. The van der Waals surface area contributed by atoms with Crippen LogP contribution in [0.1, 0.15) is 17.7 Å². The Morgan fingerprint density at radius 2 is 2.17 bits per heavy atom. The number of hydrogen-bond acceptors (Lipinski definition) is 4. The van der Waals surface area contributed by atoms with Gasteiger partial charge >= 0.3 is 5.97 Å². The Balaban J connectivity index is 2.03. The van der Waals surface area contributed by atoms with Gasteiger partial charge in [-0.25, -0.2) is 4.39 Å². The first-order chi connectivity index (χ1) is 11.0. The van der Waals surface area contributed by atoms with E-state index < -0.39 is 12.0 Å². The zero-order valence-corrected chi connectivity index (χ0v) is 14.0.